The highest BCUT2D eigenvalue weighted by molar-refractivity contribution is 7.77. The molecule has 1 aliphatic carbocycles. The van der Waals surface area contributed by atoms with Crippen LogP contribution in [0, 0.1) is 0 Å². The first kappa shape index (κ1) is 18.5. The Bertz CT molecular complexity index is 1030. The van der Waals surface area contributed by atoms with Gasteiger partial charge in [-0.1, -0.05) is 18.2 Å². The second-order valence-corrected chi connectivity index (χ2v) is 7.35. The Hall–Kier alpha value is -2.81. The van der Waals surface area contributed by atoms with Crippen molar-refractivity contribution in [2.24, 2.45) is 0 Å². The van der Waals surface area contributed by atoms with Gasteiger partial charge in [0.15, 0.2) is 5.78 Å². The topological polar surface area (TPSA) is 110 Å². The van der Waals surface area contributed by atoms with Gasteiger partial charge in [0, 0.05) is 47.4 Å². The Morgan fingerprint density at radius 3 is 2.79 bits per heavy atom. The summed E-state index contributed by atoms with van der Waals surface area (Å²) in [5.41, 5.74) is 5.51. The van der Waals surface area contributed by atoms with Crippen molar-refractivity contribution in [3.8, 4) is 11.3 Å². The molecule has 0 bridgehead atoms. The van der Waals surface area contributed by atoms with E-state index in [0.29, 0.717) is 17.7 Å². The number of nitrogens with zero attached hydrogens (tertiary/aromatic N) is 1. The van der Waals surface area contributed by atoms with E-state index in [1.165, 1.54) is 0 Å². The number of benzene rings is 1. The highest BCUT2D eigenvalue weighted by Crippen LogP contribution is 2.38. The molecule has 8 heteroatoms. The van der Waals surface area contributed by atoms with Gasteiger partial charge in [-0.25, -0.2) is 4.72 Å². The molecule has 2 aromatic heterocycles. The van der Waals surface area contributed by atoms with Crippen molar-refractivity contribution >= 4 is 28.4 Å². The SMILES string of the molecule is O=C1CCCc2[nH]c(-c3ccnc(CNS(=O)[O-])c3)c(Nc3ccccc3)c21. The van der Waals surface area contributed by atoms with Gasteiger partial charge in [-0.15, -0.1) is 0 Å². The molecule has 3 aromatic rings. The highest BCUT2D eigenvalue weighted by Gasteiger charge is 2.27. The molecule has 1 atom stereocenters. The van der Waals surface area contributed by atoms with Crippen molar-refractivity contribution in [1.29, 1.82) is 0 Å². The fourth-order valence-corrected chi connectivity index (χ4v) is 3.73. The number of anilines is 2. The van der Waals surface area contributed by atoms with E-state index in [9.17, 15) is 13.6 Å². The first-order valence-electron chi connectivity index (χ1n) is 9.00. The zero-order valence-corrected chi connectivity index (χ0v) is 15.8. The second-order valence-electron chi connectivity index (χ2n) is 6.59. The number of hydrogen-bond donors (Lipinski definition) is 3. The van der Waals surface area contributed by atoms with Crippen molar-refractivity contribution in [2.75, 3.05) is 5.32 Å². The number of carbonyl (C=O) groups is 1. The van der Waals surface area contributed by atoms with Crippen molar-refractivity contribution < 1.29 is 13.6 Å². The molecule has 7 nitrogen and oxygen atoms in total. The van der Waals surface area contributed by atoms with E-state index < -0.39 is 11.3 Å². The first-order chi connectivity index (χ1) is 13.6. The molecule has 2 heterocycles. The van der Waals surface area contributed by atoms with Crippen molar-refractivity contribution in [3.63, 3.8) is 0 Å². The minimum absolute atomic E-state index is 0.102. The summed E-state index contributed by atoms with van der Waals surface area (Å²) in [7, 11) is 0. The van der Waals surface area contributed by atoms with Gasteiger partial charge in [0.2, 0.25) is 0 Å². The maximum atomic E-state index is 12.6. The van der Waals surface area contributed by atoms with E-state index in [4.69, 9.17) is 0 Å². The zero-order valence-electron chi connectivity index (χ0n) is 15.0. The number of aryl methyl sites for hydroxylation is 1. The van der Waals surface area contributed by atoms with Gasteiger partial charge >= 0.3 is 0 Å². The van der Waals surface area contributed by atoms with Gasteiger partial charge in [-0.2, -0.15) is 0 Å². The molecule has 0 radical (unpaired) electrons. The molecule has 0 saturated carbocycles. The fraction of sp³-hybridized carbons (Fsp3) is 0.200. The lowest BCUT2D eigenvalue weighted by Crippen LogP contribution is -2.16. The molecule has 0 spiro atoms. The predicted octanol–water partition coefficient (Wildman–Crippen LogP) is 3.22. The summed E-state index contributed by atoms with van der Waals surface area (Å²) in [4.78, 5) is 20.3. The Balaban J connectivity index is 1.77. The van der Waals surface area contributed by atoms with E-state index in [-0.39, 0.29) is 12.3 Å². The Labute approximate surface area is 165 Å². The van der Waals surface area contributed by atoms with E-state index >= 15 is 0 Å². The average molecular weight is 395 g/mol. The maximum Gasteiger partial charge on any atom is 0.166 e. The summed E-state index contributed by atoms with van der Waals surface area (Å²) in [6, 6.07) is 13.4. The van der Waals surface area contributed by atoms with Gasteiger partial charge in [0.1, 0.15) is 0 Å². The summed E-state index contributed by atoms with van der Waals surface area (Å²) in [5.74, 6) is 0.125. The lowest BCUT2D eigenvalue weighted by atomic mass is 9.95. The Kier molecular flexibility index (Phi) is 5.34. The molecule has 1 aliphatic rings. The number of aromatic amines is 1. The lowest BCUT2D eigenvalue weighted by molar-refractivity contribution is 0.0973. The summed E-state index contributed by atoms with van der Waals surface area (Å²) in [6.07, 6.45) is 3.82. The molecule has 144 valence electrons. The normalized spacial score (nSPS) is 14.5. The maximum absolute atomic E-state index is 12.6. The van der Waals surface area contributed by atoms with Crippen LogP contribution in [-0.4, -0.2) is 24.5 Å². The molecule has 1 aromatic carbocycles. The minimum Gasteiger partial charge on any atom is -0.760 e. The van der Waals surface area contributed by atoms with Crippen LogP contribution < -0.4 is 10.0 Å². The van der Waals surface area contributed by atoms with Crippen LogP contribution in [0.15, 0.2) is 48.7 Å². The Morgan fingerprint density at radius 1 is 1.18 bits per heavy atom. The predicted molar refractivity (Wildman–Crippen MR) is 107 cm³/mol. The van der Waals surface area contributed by atoms with Gasteiger partial charge in [-0.3, -0.25) is 14.0 Å². The van der Waals surface area contributed by atoms with Crippen LogP contribution in [0.4, 0.5) is 11.4 Å². The number of carbonyl (C=O) groups excluding carboxylic acids is 1. The smallest absolute Gasteiger partial charge is 0.166 e. The number of aromatic nitrogens is 2. The summed E-state index contributed by atoms with van der Waals surface area (Å²) < 4.78 is 23.8. The molecular formula is C20H19N4O3S-. The first-order valence-corrected chi connectivity index (χ1v) is 10.1. The number of pyridine rings is 1. The third-order valence-corrected chi connectivity index (χ3v) is 5.09. The minimum atomic E-state index is -2.35. The van der Waals surface area contributed by atoms with E-state index in [0.717, 1.165) is 41.2 Å². The van der Waals surface area contributed by atoms with Gasteiger partial charge in [0.05, 0.1) is 22.6 Å². The average Bonchev–Trinajstić information content (AvgIpc) is 3.07. The number of Topliss-reactive ketones (excluding diaryl/α,β-unsaturated/α-hetero) is 1. The number of nitrogens with one attached hydrogen (secondary N) is 3. The number of rotatable bonds is 6. The fourth-order valence-electron chi connectivity index (χ4n) is 3.47. The number of H-pyrrole nitrogens is 1. The molecule has 1 unspecified atom stereocenters. The lowest BCUT2D eigenvalue weighted by Gasteiger charge is -2.14. The zero-order chi connectivity index (χ0) is 19.5. The van der Waals surface area contributed by atoms with Gasteiger partial charge in [0.25, 0.3) is 0 Å². The van der Waals surface area contributed by atoms with Crippen molar-refractivity contribution in [1.82, 2.24) is 14.7 Å². The van der Waals surface area contributed by atoms with Crippen LogP contribution >= 0.6 is 0 Å². The van der Waals surface area contributed by atoms with E-state index in [2.05, 4.69) is 20.0 Å². The van der Waals surface area contributed by atoms with Gasteiger partial charge in [-0.05, 0) is 37.1 Å². The molecule has 0 amide bonds. The molecular weight excluding hydrogens is 376 g/mol. The highest BCUT2D eigenvalue weighted by atomic mass is 32.2. The third-order valence-electron chi connectivity index (χ3n) is 4.71. The van der Waals surface area contributed by atoms with Gasteiger partial charge < -0.3 is 14.9 Å². The Morgan fingerprint density at radius 2 is 2.00 bits per heavy atom. The van der Waals surface area contributed by atoms with Crippen molar-refractivity contribution in [2.45, 2.75) is 25.8 Å². The second kappa shape index (κ2) is 8.05. The molecule has 0 fully saturated rings. The van der Waals surface area contributed by atoms with Crippen LogP contribution in [-0.2, 0) is 24.2 Å². The molecule has 4 rings (SSSR count). The quantitative estimate of drug-likeness (QED) is 0.555. The van der Waals surface area contributed by atoms with Crippen molar-refractivity contribution in [3.05, 3.63) is 65.6 Å². The van der Waals surface area contributed by atoms with Crippen LogP contribution in [0.3, 0.4) is 0 Å². The monoisotopic (exact) mass is 395 g/mol. The largest absolute Gasteiger partial charge is 0.760 e. The third kappa shape index (κ3) is 3.89. The standard InChI is InChI=1S/C20H20N4O3S/c25-17-8-4-7-16-18(17)20(23-14-5-2-1-3-6-14)19(24-16)13-9-10-21-15(11-13)12-22-28(26)27/h1-3,5-6,9-11,22-24H,4,7-8,12H2,(H,26,27)/p-1. The number of para-hydroxylation sites is 1. The summed E-state index contributed by atoms with van der Waals surface area (Å²) in [6.45, 7) is 0.102. The number of hydrogen-bond acceptors (Lipinski definition) is 5. The van der Waals surface area contributed by atoms with Crippen LogP contribution in [0.5, 0.6) is 0 Å². The summed E-state index contributed by atoms with van der Waals surface area (Å²) in [5, 5.41) is 3.39. The van der Waals surface area contributed by atoms with E-state index in [1.807, 2.05) is 42.5 Å². The van der Waals surface area contributed by atoms with Crippen LogP contribution in [0.25, 0.3) is 11.3 Å². The number of fused-ring (bicyclic) bond motifs is 1. The molecule has 3 N–H and O–H groups in total. The summed E-state index contributed by atoms with van der Waals surface area (Å²) >= 11 is -2.35. The van der Waals surface area contributed by atoms with Crippen LogP contribution in [0.1, 0.15) is 34.6 Å². The van der Waals surface area contributed by atoms with Crippen LogP contribution in [0.2, 0.25) is 0 Å². The molecule has 0 saturated heterocycles. The van der Waals surface area contributed by atoms with E-state index in [1.54, 1.807) is 6.20 Å². The molecule has 28 heavy (non-hydrogen) atoms. The number of ketones is 1. The molecule has 0 aliphatic heterocycles.